The van der Waals surface area contributed by atoms with Crippen molar-refractivity contribution < 1.29 is 4.39 Å². The van der Waals surface area contributed by atoms with Crippen LogP contribution in [0.2, 0.25) is 0 Å². The molecule has 0 aliphatic carbocycles. The molecule has 0 atom stereocenters. The standard InChI is InChI=1S/C15H16FN/c16-15-7-6-12-4-1-2-5-13(12)14(15)8-11-17-9-3-10-17/h1-2,4-7H,3,8-11H2. The molecule has 3 rings (SSSR count). The van der Waals surface area contributed by atoms with Crippen LogP contribution in [0.5, 0.6) is 0 Å². The summed E-state index contributed by atoms with van der Waals surface area (Å²) < 4.78 is 13.9. The Hall–Kier alpha value is -1.41. The van der Waals surface area contributed by atoms with Crippen molar-refractivity contribution in [1.29, 1.82) is 0 Å². The van der Waals surface area contributed by atoms with Gasteiger partial charge in [0.1, 0.15) is 5.82 Å². The lowest BCUT2D eigenvalue weighted by Crippen LogP contribution is -2.38. The second kappa shape index (κ2) is 4.46. The molecule has 2 heteroatoms. The fourth-order valence-electron chi connectivity index (χ4n) is 2.44. The number of likely N-dealkylation sites (tertiary alicyclic amines) is 1. The summed E-state index contributed by atoms with van der Waals surface area (Å²) in [4.78, 5) is 2.38. The van der Waals surface area contributed by atoms with E-state index < -0.39 is 0 Å². The summed E-state index contributed by atoms with van der Waals surface area (Å²) in [7, 11) is 0. The third kappa shape index (κ3) is 2.05. The predicted molar refractivity (Wildman–Crippen MR) is 68.7 cm³/mol. The highest BCUT2D eigenvalue weighted by Gasteiger charge is 2.15. The molecule has 1 aliphatic rings. The van der Waals surface area contributed by atoms with Crippen LogP contribution in [0.4, 0.5) is 4.39 Å². The fraction of sp³-hybridized carbons (Fsp3) is 0.333. The summed E-state index contributed by atoms with van der Waals surface area (Å²) >= 11 is 0. The maximum Gasteiger partial charge on any atom is 0.127 e. The van der Waals surface area contributed by atoms with Crippen molar-refractivity contribution in [3.05, 3.63) is 47.8 Å². The first kappa shape index (κ1) is 10.7. The minimum absolute atomic E-state index is 0.0655. The summed E-state index contributed by atoms with van der Waals surface area (Å²) in [6, 6.07) is 11.5. The zero-order valence-corrected chi connectivity index (χ0v) is 9.82. The van der Waals surface area contributed by atoms with Gasteiger partial charge in [-0.2, -0.15) is 0 Å². The normalized spacial score (nSPS) is 16.1. The molecule has 0 aromatic heterocycles. The Kier molecular flexibility index (Phi) is 2.81. The van der Waals surface area contributed by atoms with Crippen molar-refractivity contribution in [2.45, 2.75) is 12.8 Å². The summed E-state index contributed by atoms with van der Waals surface area (Å²) in [6.07, 6.45) is 2.10. The van der Waals surface area contributed by atoms with Gasteiger partial charge in [0, 0.05) is 6.54 Å². The Morgan fingerprint density at radius 1 is 1.06 bits per heavy atom. The molecule has 0 bridgehead atoms. The van der Waals surface area contributed by atoms with E-state index in [0.717, 1.165) is 29.3 Å². The average Bonchev–Trinajstić information content (AvgIpc) is 2.30. The van der Waals surface area contributed by atoms with Crippen molar-refractivity contribution >= 4 is 10.8 Å². The molecule has 1 nitrogen and oxygen atoms in total. The first-order valence-corrected chi connectivity index (χ1v) is 6.23. The van der Waals surface area contributed by atoms with Gasteiger partial charge in [-0.3, -0.25) is 0 Å². The van der Waals surface area contributed by atoms with E-state index in [1.54, 1.807) is 6.07 Å². The lowest BCUT2D eigenvalue weighted by atomic mass is 10.0. The minimum Gasteiger partial charge on any atom is -0.303 e. The van der Waals surface area contributed by atoms with E-state index in [1.807, 2.05) is 30.3 Å². The quantitative estimate of drug-likeness (QED) is 0.781. The topological polar surface area (TPSA) is 3.24 Å². The summed E-state index contributed by atoms with van der Waals surface area (Å²) in [5.74, 6) is -0.0655. The molecule has 0 radical (unpaired) electrons. The molecule has 1 aliphatic heterocycles. The average molecular weight is 229 g/mol. The predicted octanol–water partition coefficient (Wildman–Crippen LogP) is 3.23. The van der Waals surface area contributed by atoms with Gasteiger partial charge >= 0.3 is 0 Å². The van der Waals surface area contributed by atoms with Gasteiger partial charge in [-0.15, -0.1) is 0 Å². The van der Waals surface area contributed by atoms with Crippen molar-refractivity contribution in [1.82, 2.24) is 4.90 Å². The van der Waals surface area contributed by atoms with Gasteiger partial charge in [-0.25, -0.2) is 4.39 Å². The van der Waals surface area contributed by atoms with Gasteiger partial charge in [-0.05, 0) is 48.3 Å². The van der Waals surface area contributed by atoms with Gasteiger partial charge < -0.3 is 4.90 Å². The Morgan fingerprint density at radius 3 is 2.65 bits per heavy atom. The van der Waals surface area contributed by atoms with E-state index in [4.69, 9.17) is 0 Å². The number of halogens is 1. The van der Waals surface area contributed by atoms with E-state index in [2.05, 4.69) is 4.90 Å². The highest BCUT2D eigenvalue weighted by atomic mass is 19.1. The Labute approximate surface area is 101 Å². The van der Waals surface area contributed by atoms with Gasteiger partial charge in [-0.1, -0.05) is 30.3 Å². The number of hydrogen-bond acceptors (Lipinski definition) is 1. The second-order valence-electron chi connectivity index (χ2n) is 4.69. The molecule has 0 spiro atoms. The van der Waals surface area contributed by atoms with Crippen molar-refractivity contribution in [2.24, 2.45) is 0 Å². The number of benzene rings is 2. The first-order valence-electron chi connectivity index (χ1n) is 6.23. The van der Waals surface area contributed by atoms with Gasteiger partial charge in [0.25, 0.3) is 0 Å². The number of nitrogens with zero attached hydrogens (tertiary/aromatic N) is 1. The Balaban J connectivity index is 1.92. The molecule has 88 valence electrons. The number of fused-ring (bicyclic) bond motifs is 1. The first-order chi connectivity index (χ1) is 8.34. The molecule has 17 heavy (non-hydrogen) atoms. The monoisotopic (exact) mass is 229 g/mol. The SMILES string of the molecule is Fc1ccc2ccccc2c1CCN1CCC1. The van der Waals surface area contributed by atoms with Crippen LogP contribution in [0, 0.1) is 5.82 Å². The van der Waals surface area contributed by atoms with E-state index in [9.17, 15) is 4.39 Å². The number of hydrogen-bond donors (Lipinski definition) is 0. The summed E-state index contributed by atoms with van der Waals surface area (Å²) in [6.45, 7) is 3.32. The van der Waals surface area contributed by atoms with E-state index in [1.165, 1.54) is 19.5 Å². The Bertz CT molecular complexity index is 531. The second-order valence-corrected chi connectivity index (χ2v) is 4.69. The maximum absolute atomic E-state index is 13.9. The molecule has 0 amide bonds. The largest absolute Gasteiger partial charge is 0.303 e. The molecule has 1 saturated heterocycles. The highest BCUT2D eigenvalue weighted by Crippen LogP contribution is 2.22. The molecule has 0 saturated carbocycles. The van der Waals surface area contributed by atoms with Crippen LogP contribution < -0.4 is 0 Å². The zero-order valence-electron chi connectivity index (χ0n) is 9.82. The molecular formula is C15H16FN. The van der Waals surface area contributed by atoms with Crippen LogP contribution in [-0.4, -0.2) is 24.5 Å². The molecule has 2 aromatic carbocycles. The lowest BCUT2D eigenvalue weighted by Gasteiger charge is -2.30. The fourth-order valence-corrected chi connectivity index (χ4v) is 2.44. The van der Waals surface area contributed by atoms with E-state index >= 15 is 0 Å². The smallest absolute Gasteiger partial charge is 0.127 e. The van der Waals surface area contributed by atoms with Gasteiger partial charge in [0.2, 0.25) is 0 Å². The van der Waals surface area contributed by atoms with Gasteiger partial charge in [0.15, 0.2) is 0 Å². The molecule has 0 N–H and O–H groups in total. The van der Waals surface area contributed by atoms with Crippen molar-refractivity contribution in [2.75, 3.05) is 19.6 Å². The van der Waals surface area contributed by atoms with Crippen LogP contribution in [-0.2, 0) is 6.42 Å². The van der Waals surface area contributed by atoms with Crippen LogP contribution in [0.25, 0.3) is 10.8 Å². The van der Waals surface area contributed by atoms with Crippen molar-refractivity contribution in [3.63, 3.8) is 0 Å². The molecule has 1 heterocycles. The molecule has 1 fully saturated rings. The van der Waals surface area contributed by atoms with Crippen LogP contribution in [0.3, 0.4) is 0 Å². The molecular weight excluding hydrogens is 213 g/mol. The highest BCUT2D eigenvalue weighted by molar-refractivity contribution is 5.85. The van der Waals surface area contributed by atoms with Crippen LogP contribution in [0.1, 0.15) is 12.0 Å². The summed E-state index contributed by atoms with van der Waals surface area (Å²) in [5, 5.41) is 2.19. The lowest BCUT2D eigenvalue weighted by molar-refractivity contribution is 0.183. The molecule has 2 aromatic rings. The van der Waals surface area contributed by atoms with Crippen LogP contribution >= 0.6 is 0 Å². The molecule has 0 unspecified atom stereocenters. The third-order valence-corrected chi connectivity index (χ3v) is 3.61. The zero-order chi connectivity index (χ0) is 11.7. The third-order valence-electron chi connectivity index (χ3n) is 3.61. The minimum atomic E-state index is -0.0655. The van der Waals surface area contributed by atoms with E-state index in [-0.39, 0.29) is 5.82 Å². The number of rotatable bonds is 3. The van der Waals surface area contributed by atoms with Gasteiger partial charge in [0.05, 0.1) is 0 Å². The Morgan fingerprint density at radius 2 is 1.88 bits per heavy atom. The summed E-state index contributed by atoms with van der Waals surface area (Å²) in [5.41, 5.74) is 0.870. The van der Waals surface area contributed by atoms with Crippen LogP contribution in [0.15, 0.2) is 36.4 Å². The maximum atomic E-state index is 13.9. The van der Waals surface area contributed by atoms with E-state index in [0.29, 0.717) is 0 Å². The van der Waals surface area contributed by atoms with Crippen molar-refractivity contribution in [3.8, 4) is 0 Å².